The lowest BCUT2D eigenvalue weighted by Crippen LogP contribution is -2.12. The Bertz CT molecular complexity index is 691. The monoisotopic (exact) mass is 351 g/mol. The van der Waals surface area contributed by atoms with Gasteiger partial charge in [-0.2, -0.15) is 5.26 Å². The van der Waals surface area contributed by atoms with E-state index in [2.05, 4.69) is 15.9 Å². The molecule has 0 N–H and O–H groups in total. The number of hydrogen-bond acceptors (Lipinski definition) is 2. The maximum absolute atomic E-state index is 13.3. The van der Waals surface area contributed by atoms with Gasteiger partial charge in [0.25, 0.3) is 0 Å². The molecule has 0 bridgehead atoms. The number of halogens is 3. The minimum atomic E-state index is -1.06. The molecule has 2 rings (SSSR count). The summed E-state index contributed by atoms with van der Waals surface area (Å²) < 4.78 is 13.8. The smallest absolute Gasteiger partial charge is 0.184 e. The molecule has 0 aliphatic heterocycles. The lowest BCUT2D eigenvalue weighted by atomic mass is 9.92. The van der Waals surface area contributed by atoms with Gasteiger partial charge in [-0.15, -0.1) is 0 Å². The molecule has 2 aromatic rings. The highest BCUT2D eigenvalue weighted by Crippen LogP contribution is 2.28. The number of carbonyl (C=O) groups is 1. The van der Waals surface area contributed by atoms with E-state index in [1.807, 2.05) is 6.07 Å². The zero-order chi connectivity index (χ0) is 14.7. The number of nitriles is 1. The molecule has 0 fully saturated rings. The van der Waals surface area contributed by atoms with Gasteiger partial charge in [-0.05, 0) is 29.8 Å². The van der Waals surface area contributed by atoms with Crippen molar-refractivity contribution >= 4 is 33.3 Å². The van der Waals surface area contributed by atoms with E-state index in [1.165, 1.54) is 12.1 Å². The molecule has 0 radical (unpaired) electrons. The minimum Gasteiger partial charge on any atom is -0.292 e. The largest absolute Gasteiger partial charge is 0.292 e. The van der Waals surface area contributed by atoms with Crippen molar-refractivity contribution in [3.8, 4) is 6.07 Å². The van der Waals surface area contributed by atoms with Crippen LogP contribution in [0, 0.1) is 17.1 Å². The molecule has 2 nitrogen and oxygen atoms in total. The summed E-state index contributed by atoms with van der Waals surface area (Å²) in [6.07, 6.45) is 0. The zero-order valence-corrected chi connectivity index (χ0v) is 12.5. The standard InChI is InChI=1S/C15H8BrClFNO/c16-10-5-9(6-11(18)7-10)15(20)13(8-19)12-3-1-2-4-14(12)17/h1-7,13H. The number of nitrogens with zero attached hydrogens (tertiary/aromatic N) is 1. The van der Waals surface area contributed by atoms with Crippen molar-refractivity contribution < 1.29 is 9.18 Å². The highest BCUT2D eigenvalue weighted by atomic mass is 79.9. The van der Waals surface area contributed by atoms with Crippen molar-refractivity contribution in [3.05, 3.63) is 68.9 Å². The molecule has 1 atom stereocenters. The summed E-state index contributed by atoms with van der Waals surface area (Å²) in [5, 5.41) is 9.58. The van der Waals surface area contributed by atoms with Crippen LogP contribution in [0.5, 0.6) is 0 Å². The molecular weight excluding hydrogens is 345 g/mol. The van der Waals surface area contributed by atoms with Crippen molar-refractivity contribution in [3.63, 3.8) is 0 Å². The highest BCUT2D eigenvalue weighted by Gasteiger charge is 2.24. The first-order valence-electron chi connectivity index (χ1n) is 5.67. The van der Waals surface area contributed by atoms with Crippen molar-refractivity contribution in [2.24, 2.45) is 0 Å². The van der Waals surface area contributed by atoms with Crippen LogP contribution in [0.4, 0.5) is 4.39 Å². The number of ketones is 1. The number of rotatable bonds is 3. The Balaban J connectivity index is 2.45. The van der Waals surface area contributed by atoms with Gasteiger partial charge in [0.1, 0.15) is 11.7 Å². The van der Waals surface area contributed by atoms with Crippen LogP contribution in [0.25, 0.3) is 0 Å². The minimum absolute atomic E-state index is 0.128. The molecule has 0 spiro atoms. The van der Waals surface area contributed by atoms with E-state index in [0.717, 1.165) is 6.07 Å². The second kappa shape index (κ2) is 6.17. The molecule has 5 heteroatoms. The van der Waals surface area contributed by atoms with Gasteiger partial charge in [-0.1, -0.05) is 45.7 Å². The molecule has 0 amide bonds. The van der Waals surface area contributed by atoms with Gasteiger partial charge in [-0.25, -0.2) is 4.39 Å². The third-order valence-corrected chi connectivity index (χ3v) is 3.56. The van der Waals surface area contributed by atoms with Gasteiger partial charge in [0.2, 0.25) is 0 Å². The molecule has 2 aromatic carbocycles. The molecule has 100 valence electrons. The summed E-state index contributed by atoms with van der Waals surface area (Å²) in [6, 6.07) is 12.4. The Morgan fingerprint density at radius 1 is 1.30 bits per heavy atom. The fourth-order valence-electron chi connectivity index (χ4n) is 1.84. The van der Waals surface area contributed by atoms with Crippen LogP contribution in [0.15, 0.2) is 46.9 Å². The Labute approximate surface area is 128 Å². The molecule has 1 unspecified atom stereocenters. The summed E-state index contributed by atoms with van der Waals surface area (Å²) in [5.74, 6) is -2.09. The van der Waals surface area contributed by atoms with E-state index in [1.54, 1.807) is 24.3 Å². The summed E-state index contributed by atoms with van der Waals surface area (Å²) in [6.45, 7) is 0. The quantitative estimate of drug-likeness (QED) is 0.749. The van der Waals surface area contributed by atoms with Crippen molar-refractivity contribution in [1.29, 1.82) is 5.26 Å². The number of hydrogen-bond donors (Lipinski definition) is 0. The second-order valence-electron chi connectivity index (χ2n) is 4.11. The molecular formula is C15H8BrClFNO. The van der Waals surface area contributed by atoms with Crippen LogP contribution in [0.1, 0.15) is 21.8 Å². The summed E-state index contributed by atoms with van der Waals surface area (Å²) in [4.78, 5) is 12.4. The van der Waals surface area contributed by atoms with E-state index in [9.17, 15) is 14.4 Å². The number of Topliss-reactive ketones (excluding diaryl/α,β-unsaturated/α-hetero) is 1. The molecule has 0 saturated heterocycles. The molecule has 0 heterocycles. The van der Waals surface area contributed by atoms with E-state index in [4.69, 9.17) is 11.6 Å². The first kappa shape index (κ1) is 14.7. The maximum atomic E-state index is 13.3. The van der Waals surface area contributed by atoms with Crippen LogP contribution in [-0.2, 0) is 0 Å². The first-order valence-corrected chi connectivity index (χ1v) is 6.84. The number of benzene rings is 2. The van der Waals surface area contributed by atoms with Gasteiger partial charge in [0.05, 0.1) is 6.07 Å². The normalized spacial score (nSPS) is 11.7. The molecule has 20 heavy (non-hydrogen) atoms. The van der Waals surface area contributed by atoms with Crippen molar-refractivity contribution in [1.82, 2.24) is 0 Å². The van der Waals surface area contributed by atoms with E-state index >= 15 is 0 Å². The summed E-state index contributed by atoms with van der Waals surface area (Å²) >= 11 is 9.13. The van der Waals surface area contributed by atoms with Gasteiger partial charge >= 0.3 is 0 Å². The van der Waals surface area contributed by atoms with Crippen LogP contribution in [-0.4, -0.2) is 5.78 Å². The third kappa shape index (κ3) is 3.06. The summed E-state index contributed by atoms with van der Waals surface area (Å²) in [5.41, 5.74) is 0.547. The average Bonchev–Trinajstić information content (AvgIpc) is 2.40. The lowest BCUT2D eigenvalue weighted by molar-refractivity contribution is 0.0978. The molecule has 0 aromatic heterocycles. The zero-order valence-electron chi connectivity index (χ0n) is 10.1. The lowest BCUT2D eigenvalue weighted by Gasteiger charge is -2.10. The topological polar surface area (TPSA) is 40.9 Å². The van der Waals surface area contributed by atoms with E-state index < -0.39 is 17.5 Å². The Kier molecular flexibility index (Phi) is 4.53. The Hall–Kier alpha value is -1.70. The van der Waals surface area contributed by atoms with Gasteiger partial charge in [0.15, 0.2) is 5.78 Å². The number of carbonyl (C=O) groups excluding carboxylic acids is 1. The highest BCUT2D eigenvalue weighted by molar-refractivity contribution is 9.10. The predicted octanol–water partition coefficient (Wildman–Crippen LogP) is 4.73. The Morgan fingerprint density at radius 3 is 2.60 bits per heavy atom. The van der Waals surface area contributed by atoms with Crippen molar-refractivity contribution in [2.45, 2.75) is 5.92 Å². The first-order chi connectivity index (χ1) is 9.52. The molecule has 0 aliphatic rings. The SMILES string of the molecule is N#CC(C(=O)c1cc(F)cc(Br)c1)c1ccccc1Cl. The fraction of sp³-hybridized carbons (Fsp3) is 0.0667. The van der Waals surface area contributed by atoms with Gasteiger partial charge < -0.3 is 0 Å². The maximum Gasteiger partial charge on any atom is 0.184 e. The third-order valence-electron chi connectivity index (χ3n) is 2.75. The summed E-state index contributed by atoms with van der Waals surface area (Å²) in [7, 11) is 0. The van der Waals surface area contributed by atoms with Gasteiger partial charge in [-0.3, -0.25) is 4.79 Å². The second-order valence-corrected chi connectivity index (χ2v) is 5.43. The van der Waals surface area contributed by atoms with Gasteiger partial charge in [0, 0.05) is 15.1 Å². The predicted molar refractivity (Wildman–Crippen MR) is 78.2 cm³/mol. The Morgan fingerprint density at radius 2 is 2.00 bits per heavy atom. The van der Waals surface area contributed by atoms with E-state index in [-0.39, 0.29) is 5.56 Å². The fourth-order valence-corrected chi connectivity index (χ4v) is 2.55. The van der Waals surface area contributed by atoms with Crippen LogP contribution < -0.4 is 0 Å². The van der Waals surface area contributed by atoms with Crippen molar-refractivity contribution in [2.75, 3.05) is 0 Å². The van der Waals surface area contributed by atoms with Crippen LogP contribution >= 0.6 is 27.5 Å². The molecule has 0 aliphatic carbocycles. The molecule has 0 saturated carbocycles. The average molecular weight is 353 g/mol. The van der Waals surface area contributed by atoms with Crippen LogP contribution in [0.3, 0.4) is 0 Å². The van der Waals surface area contributed by atoms with Crippen LogP contribution in [0.2, 0.25) is 5.02 Å². The van der Waals surface area contributed by atoms with E-state index in [0.29, 0.717) is 15.1 Å².